The molecule has 1 aliphatic heterocycles. The van der Waals surface area contributed by atoms with E-state index in [2.05, 4.69) is 0 Å². The molecule has 17 heavy (non-hydrogen) atoms. The van der Waals surface area contributed by atoms with Crippen molar-refractivity contribution in [2.75, 3.05) is 6.61 Å². The van der Waals surface area contributed by atoms with Crippen LogP contribution >= 0.6 is 0 Å². The smallest absolute Gasteiger partial charge is 0.303 e. The summed E-state index contributed by atoms with van der Waals surface area (Å²) in [5.41, 5.74) is 0. The van der Waals surface area contributed by atoms with Gasteiger partial charge in [-0.25, -0.2) is 0 Å². The van der Waals surface area contributed by atoms with Crippen LogP contribution in [0, 0.1) is 0 Å². The molecule has 0 bridgehead atoms. The fourth-order valence-corrected chi connectivity index (χ4v) is 1.41. The number of carbonyl (C=O) groups is 2. The topological polar surface area (TPSA) is 61.8 Å². The number of allylic oxidation sites excluding steroid dienone is 2. The van der Waals surface area contributed by atoms with E-state index in [1.807, 2.05) is 12.2 Å². The van der Waals surface area contributed by atoms with Gasteiger partial charge in [0.25, 0.3) is 0 Å². The molecule has 5 heteroatoms. The Morgan fingerprint density at radius 1 is 1.29 bits per heavy atom. The Morgan fingerprint density at radius 2 is 2.06 bits per heavy atom. The number of carbonyl (C=O) groups excluding carboxylic acids is 2. The molecule has 1 heterocycles. The van der Waals surface area contributed by atoms with Gasteiger partial charge in [-0.3, -0.25) is 9.59 Å². The zero-order valence-electron chi connectivity index (χ0n) is 9.92. The quantitative estimate of drug-likeness (QED) is 0.678. The second-order valence-electron chi connectivity index (χ2n) is 3.66. The van der Waals surface area contributed by atoms with Crippen molar-refractivity contribution in [3.63, 3.8) is 0 Å². The number of esters is 2. The monoisotopic (exact) mass is 240 g/mol. The second kappa shape index (κ2) is 6.73. The van der Waals surface area contributed by atoms with Crippen LogP contribution in [0.15, 0.2) is 24.5 Å². The van der Waals surface area contributed by atoms with E-state index >= 15 is 0 Å². The first-order chi connectivity index (χ1) is 8.08. The van der Waals surface area contributed by atoms with Gasteiger partial charge in [-0.05, 0) is 12.2 Å². The van der Waals surface area contributed by atoms with Crippen LogP contribution in [-0.2, 0) is 23.8 Å². The molecular weight excluding hydrogens is 224 g/mol. The van der Waals surface area contributed by atoms with Crippen LogP contribution in [0.25, 0.3) is 0 Å². The van der Waals surface area contributed by atoms with E-state index in [1.165, 1.54) is 13.8 Å². The van der Waals surface area contributed by atoms with Crippen LogP contribution in [0.5, 0.6) is 0 Å². The molecule has 0 saturated carbocycles. The van der Waals surface area contributed by atoms with E-state index in [-0.39, 0.29) is 12.7 Å². The van der Waals surface area contributed by atoms with Crippen LogP contribution < -0.4 is 0 Å². The summed E-state index contributed by atoms with van der Waals surface area (Å²) in [6.07, 6.45) is 6.84. The molecule has 0 radical (unpaired) electrons. The van der Waals surface area contributed by atoms with Crippen molar-refractivity contribution in [2.24, 2.45) is 0 Å². The van der Waals surface area contributed by atoms with E-state index in [0.717, 1.165) is 0 Å². The van der Waals surface area contributed by atoms with E-state index in [0.29, 0.717) is 6.42 Å². The second-order valence-corrected chi connectivity index (χ2v) is 3.66. The molecule has 0 saturated heterocycles. The molecule has 0 N–H and O–H groups in total. The van der Waals surface area contributed by atoms with Crippen molar-refractivity contribution in [2.45, 2.75) is 32.5 Å². The lowest BCUT2D eigenvalue weighted by Crippen LogP contribution is -2.28. The van der Waals surface area contributed by atoms with E-state index in [9.17, 15) is 9.59 Å². The maximum absolute atomic E-state index is 10.9. The molecule has 0 aromatic carbocycles. The molecule has 0 fully saturated rings. The molecule has 1 rings (SSSR count). The lowest BCUT2D eigenvalue weighted by atomic mass is 10.1. The summed E-state index contributed by atoms with van der Waals surface area (Å²) < 4.78 is 15.2. The summed E-state index contributed by atoms with van der Waals surface area (Å²) >= 11 is 0. The summed E-state index contributed by atoms with van der Waals surface area (Å²) in [4.78, 5) is 21.6. The average Bonchev–Trinajstić information content (AvgIpc) is 2.26. The highest BCUT2D eigenvalue weighted by molar-refractivity contribution is 5.67. The van der Waals surface area contributed by atoms with Gasteiger partial charge in [0.15, 0.2) is 0 Å². The Hall–Kier alpha value is -1.78. The van der Waals surface area contributed by atoms with Gasteiger partial charge in [0.1, 0.15) is 18.8 Å². The van der Waals surface area contributed by atoms with E-state index in [1.54, 1.807) is 12.3 Å². The van der Waals surface area contributed by atoms with Gasteiger partial charge in [-0.1, -0.05) is 6.08 Å². The zero-order chi connectivity index (χ0) is 12.7. The molecule has 0 spiro atoms. The first-order valence-electron chi connectivity index (χ1n) is 5.37. The lowest BCUT2D eigenvalue weighted by Gasteiger charge is -2.21. The predicted molar refractivity (Wildman–Crippen MR) is 60.0 cm³/mol. The largest absolute Gasteiger partial charge is 0.494 e. The zero-order valence-corrected chi connectivity index (χ0v) is 9.92. The summed E-state index contributed by atoms with van der Waals surface area (Å²) in [6, 6.07) is 0. The maximum Gasteiger partial charge on any atom is 0.303 e. The third-order valence-corrected chi connectivity index (χ3v) is 2.07. The van der Waals surface area contributed by atoms with Crippen LogP contribution in [-0.4, -0.2) is 30.8 Å². The van der Waals surface area contributed by atoms with Crippen molar-refractivity contribution in [3.8, 4) is 0 Å². The first kappa shape index (κ1) is 13.3. The fourth-order valence-electron chi connectivity index (χ4n) is 1.41. The summed E-state index contributed by atoms with van der Waals surface area (Å²) in [5, 5.41) is 0. The van der Waals surface area contributed by atoms with Gasteiger partial charge in [0.2, 0.25) is 0 Å². The fraction of sp³-hybridized carbons (Fsp3) is 0.500. The molecule has 94 valence electrons. The Bertz CT molecular complexity index is 332. The third-order valence-electron chi connectivity index (χ3n) is 2.07. The Kier molecular flexibility index (Phi) is 5.26. The van der Waals surface area contributed by atoms with Crippen molar-refractivity contribution in [3.05, 3.63) is 24.5 Å². The van der Waals surface area contributed by atoms with Gasteiger partial charge in [-0.2, -0.15) is 0 Å². The molecule has 0 aliphatic carbocycles. The summed E-state index contributed by atoms with van der Waals surface area (Å²) in [7, 11) is 0. The SMILES string of the molecule is CC(=O)OCC(CC1C=CC=CO1)OC(C)=O. The Morgan fingerprint density at radius 3 is 2.59 bits per heavy atom. The van der Waals surface area contributed by atoms with Gasteiger partial charge in [0.05, 0.1) is 6.26 Å². The molecular formula is C12H16O5. The van der Waals surface area contributed by atoms with Crippen molar-refractivity contribution in [1.82, 2.24) is 0 Å². The van der Waals surface area contributed by atoms with Gasteiger partial charge >= 0.3 is 11.9 Å². The number of ether oxygens (including phenoxy) is 3. The highest BCUT2D eigenvalue weighted by atomic mass is 16.6. The average molecular weight is 240 g/mol. The number of hydrogen-bond donors (Lipinski definition) is 0. The van der Waals surface area contributed by atoms with Crippen LogP contribution in [0.1, 0.15) is 20.3 Å². The van der Waals surface area contributed by atoms with Gasteiger partial charge < -0.3 is 14.2 Å². The van der Waals surface area contributed by atoms with E-state index < -0.39 is 18.0 Å². The van der Waals surface area contributed by atoms with Crippen molar-refractivity contribution >= 4 is 11.9 Å². The van der Waals surface area contributed by atoms with Gasteiger partial charge in [0, 0.05) is 20.3 Å². The Labute approximate surface area is 100 Å². The molecule has 2 atom stereocenters. The minimum Gasteiger partial charge on any atom is -0.494 e. The van der Waals surface area contributed by atoms with Crippen molar-refractivity contribution < 1.29 is 23.8 Å². The first-order valence-corrected chi connectivity index (χ1v) is 5.37. The Balaban J connectivity index is 2.44. The summed E-state index contributed by atoms with van der Waals surface area (Å²) in [6.45, 7) is 2.68. The number of rotatable bonds is 5. The highest BCUT2D eigenvalue weighted by Crippen LogP contribution is 2.12. The van der Waals surface area contributed by atoms with Gasteiger partial charge in [-0.15, -0.1) is 0 Å². The molecule has 2 unspecified atom stereocenters. The van der Waals surface area contributed by atoms with Crippen LogP contribution in [0.2, 0.25) is 0 Å². The maximum atomic E-state index is 10.9. The predicted octanol–water partition coefficient (Wildman–Crippen LogP) is 1.34. The van der Waals surface area contributed by atoms with Crippen molar-refractivity contribution in [1.29, 1.82) is 0 Å². The van der Waals surface area contributed by atoms with Crippen LogP contribution in [0.3, 0.4) is 0 Å². The summed E-state index contributed by atoms with van der Waals surface area (Å²) in [5.74, 6) is -0.806. The number of hydrogen-bond acceptors (Lipinski definition) is 5. The minimum atomic E-state index is -0.488. The standard InChI is InChI=1S/C12H16O5/c1-9(13)16-8-12(17-10(2)14)7-11-5-3-4-6-15-11/h3-6,11-12H,7-8H2,1-2H3. The molecule has 1 aliphatic rings. The third kappa shape index (κ3) is 5.75. The lowest BCUT2D eigenvalue weighted by molar-refractivity contribution is -0.157. The minimum absolute atomic E-state index is 0.0479. The molecule has 5 nitrogen and oxygen atoms in total. The molecule has 0 amide bonds. The highest BCUT2D eigenvalue weighted by Gasteiger charge is 2.19. The molecule has 0 aromatic rings. The molecule has 0 aromatic heterocycles. The van der Waals surface area contributed by atoms with E-state index in [4.69, 9.17) is 14.2 Å². The van der Waals surface area contributed by atoms with Crippen LogP contribution in [0.4, 0.5) is 0 Å². The normalized spacial score (nSPS) is 19.3.